The summed E-state index contributed by atoms with van der Waals surface area (Å²) in [5.74, 6) is -0.0776. The zero-order valence-electron chi connectivity index (χ0n) is 17.1. The number of benzene rings is 1. The van der Waals surface area contributed by atoms with E-state index in [4.69, 9.17) is 4.52 Å². The molecule has 30 heavy (non-hydrogen) atoms. The van der Waals surface area contributed by atoms with E-state index in [1.54, 1.807) is 48.8 Å². The first-order chi connectivity index (χ1) is 14.3. The average Bonchev–Trinajstić information content (AvgIpc) is 3.21. The zero-order valence-corrected chi connectivity index (χ0v) is 17.9. The van der Waals surface area contributed by atoms with Crippen molar-refractivity contribution in [3.8, 4) is 11.4 Å². The second kappa shape index (κ2) is 9.17. The Morgan fingerprint density at radius 1 is 1.17 bits per heavy atom. The molecule has 1 unspecified atom stereocenters. The Kier molecular flexibility index (Phi) is 6.61. The van der Waals surface area contributed by atoms with Crippen molar-refractivity contribution in [3.63, 3.8) is 0 Å². The third-order valence-electron chi connectivity index (χ3n) is 4.59. The summed E-state index contributed by atoms with van der Waals surface area (Å²) in [6.07, 6.45) is 3.10. The lowest BCUT2D eigenvalue weighted by Gasteiger charge is -2.18. The number of nitrogens with zero attached hydrogens (tertiary/aromatic N) is 3. The van der Waals surface area contributed by atoms with Crippen molar-refractivity contribution in [2.75, 3.05) is 5.75 Å². The molecule has 1 N–H and O–H groups in total. The van der Waals surface area contributed by atoms with Gasteiger partial charge in [0.1, 0.15) is 6.04 Å². The molecular formula is C21H24N4O4S. The Bertz CT molecular complexity index is 1090. The molecule has 0 fully saturated rings. The maximum absolute atomic E-state index is 12.5. The summed E-state index contributed by atoms with van der Waals surface area (Å²) in [5, 5.41) is 6.77. The van der Waals surface area contributed by atoms with Crippen LogP contribution in [0.5, 0.6) is 0 Å². The summed E-state index contributed by atoms with van der Waals surface area (Å²) in [5.41, 5.74) is 1.67. The maximum Gasteiger partial charge on any atom is 0.249 e. The molecule has 8 nitrogen and oxygen atoms in total. The molecule has 0 saturated heterocycles. The van der Waals surface area contributed by atoms with E-state index in [1.165, 1.54) is 0 Å². The van der Waals surface area contributed by atoms with Crippen molar-refractivity contribution in [2.24, 2.45) is 5.92 Å². The van der Waals surface area contributed by atoms with Crippen LogP contribution in [-0.2, 0) is 14.6 Å². The van der Waals surface area contributed by atoms with Gasteiger partial charge in [0.25, 0.3) is 0 Å². The van der Waals surface area contributed by atoms with Gasteiger partial charge in [-0.1, -0.05) is 36.7 Å². The number of pyridine rings is 1. The van der Waals surface area contributed by atoms with E-state index in [0.29, 0.717) is 11.4 Å². The quantitative estimate of drug-likeness (QED) is 0.586. The van der Waals surface area contributed by atoms with Crippen LogP contribution in [0.3, 0.4) is 0 Å². The number of carbonyl (C=O) groups excluding carboxylic acids is 1. The summed E-state index contributed by atoms with van der Waals surface area (Å²) >= 11 is 0. The van der Waals surface area contributed by atoms with Gasteiger partial charge in [-0.25, -0.2) is 8.42 Å². The van der Waals surface area contributed by atoms with Gasteiger partial charge in [0.2, 0.25) is 17.6 Å². The van der Waals surface area contributed by atoms with Crippen molar-refractivity contribution in [2.45, 2.75) is 38.1 Å². The van der Waals surface area contributed by atoms with Crippen LogP contribution in [0.4, 0.5) is 0 Å². The van der Waals surface area contributed by atoms with Crippen LogP contribution in [0.25, 0.3) is 11.4 Å². The Labute approximate surface area is 175 Å². The molecule has 0 aliphatic rings. The van der Waals surface area contributed by atoms with Gasteiger partial charge in [0.05, 0.1) is 10.6 Å². The molecule has 2 aromatic heterocycles. The number of amides is 1. The second-order valence-electron chi connectivity index (χ2n) is 7.37. The van der Waals surface area contributed by atoms with Crippen molar-refractivity contribution in [1.29, 1.82) is 0 Å². The first-order valence-electron chi connectivity index (χ1n) is 9.59. The van der Waals surface area contributed by atoms with E-state index >= 15 is 0 Å². The summed E-state index contributed by atoms with van der Waals surface area (Å²) in [6.45, 7) is 5.69. The fraction of sp³-hybridized carbons (Fsp3) is 0.333. The number of hydrogen-bond acceptors (Lipinski definition) is 7. The minimum absolute atomic E-state index is 0.0372. The summed E-state index contributed by atoms with van der Waals surface area (Å²) in [4.78, 5) is 21.1. The van der Waals surface area contributed by atoms with Gasteiger partial charge >= 0.3 is 0 Å². The molecule has 3 rings (SSSR count). The highest BCUT2D eigenvalue weighted by Crippen LogP contribution is 2.23. The lowest BCUT2D eigenvalue weighted by Crippen LogP contribution is -2.33. The standard InChI is InChI=1S/C21H24N4O4S/c1-14(2)19(21-24-20(25-29-21)16-5-4-11-22-13-16)23-18(26)10-12-30(27,28)17-8-6-15(3)7-9-17/h4-9,11,13-14,19H,10,12H2,1-3H3,(H,23,26). The number of sulfone groups is 1. The Balaban J connectivity index is 1.66. The van der Waals surface area contributed by atoms with Gasteiger partial charge in [0.15, 0.2) is 9.84 Å². The van der Waals surface area contributed by atoms with Crippen molar-refractivity contribution >= 4 is 15.7 Å². The third kappa shape index (κ3) is 5.29. The molecule has 9 heteroatoms. The second-order valence-corrected chi connectivity index (χ2v) is 9.48. The van der Waals surface area contributed by atoms with Crippen molar-refractivity contribution in [3.05, 3.63) is 60.2 Å². The van der Waals surface area contributed by atoms with Crippen LogP contribution in [0, 0.1) is 12.8 Å². The van der Waals surface area contributed by atoms with E-state index < -0.39 is 21.8 Å². The number of rotatable bonds is 8. The van der Waals surface area contributed by atoms with E-state index in [9.17, 15) is 13.2 Å². The lowest BCUT2D eigenvalue weighted by atomic mass is 10.0. The highest BCUT2D eigenvalue weighted by molar-refractivity contribution is 7.91. The van der Waals surface area contributed by atoms with Gasteiger partial charge in [-0.15, -0.1) is 0 Å². The molecule has 1 atom stereocenters. The minimum atomic E-state index is -3.54. The predicted octanol–water partition coefficient (Wildman–Crippen LogP) is 3.12. The fourth-order valence-electron chi connectivity index (χ4n) is 2.82. The average molecular weight is 429 g/mol. The first kappa shape index (κ1) is 21.6. The normalized spacial score (nSPS) is 12.7. The largest absolute Gasteiger partial charge is 0.344 e. The molecule has 0 aliphatic heterocycles. The van der Waals surface area contributed by atoms with Crippen LogP contribution in [0.15, 0.2) is 58.2 Å². The SMILES string of the molecule is Cc1ccc(S(=O)(=O)CCC(=O)NC(c2nc(-c3cccnc3)no2)C(C)C)cc1. The predicted molar refractivity (Wildman–Crippen MR) is 111 cm³/mol. The molecule has 0 radical (unpaired) electrons. The smallest absolute Gasteiger partial charge is 0.249 e. The maximum atomic E-state index is 12.5. The van der Waals surface area contributed by atoms with Crippen molar-refractivity contribution in [1.82, 2.24) is 20.4 Å². The monoisotopic (exact) mass is 428 g/mol. The number of nitrogens with one attached hydrogen (secondary N) is 1. The number of hydrogen-bond donors (Lipinski definition) is 1. The molecular weight excluding hydrogens is 404 g/mol. The number of aryl methyl sites for hydroxylation is 1. The molecule has 0 spiro atoms. The van der Waals surface area contributed by atoms with Crippen LogP contribution in [0.1, 0.15) is 37.8 Å². The molecule has 0 saturated carbocycles. The van der Waals surface area contributed by atoms with E-state index in [1.807, 2.05) is 20.8 Å². The van der Waals surface area contributed by atoms with Crippen LogP contribution >= 0.6 is 0 Å². The van der Waals surface area contributed by atoms with Crippen LogP contribution < -0.4 is 5.32 Å². The summed E-state index contributed by atoms with van der Waals surface area (Å²) in [7, 11) is -3.54. The van der Waals surface area contributed by atoms with Gasteiger partial charge in [-0.05, 0) is 37.1 Å². The fourth-order valence-corrected chi connectivity index (χ4v) is 4.06. The Hall–Kier alpha value is -3.07. The van der Waals surface area contributed by atoms with Crippen LogP contribution in [-0.4, -0.2) is 35.2 Å². The first-order valence-corrected chi connectivity index (χ1v) is 11.2. The van der Waals surface area contributed by atoms with E-state index in [2.05, 4.69) is 20.4 Å². The van der Waals surface area contributed by atoms with Gasteiger partial charge in [-0.2, -0.15) is 4.98 Å². The highest BCUT2D eigenvalue weighted by atomic mass is 32.2. The lowest BCUT2D eigenvalue weighted by molar-refractivity contribution is -0.122. The number of aromatic nitrogens is 3. The Morgan fingerprint density at radius 3 is 2.53 bits per heavy atom. The molecule has 0 aliphatic carbocycles. The van der Waals surface area contributed by atoms with E-state index in [0.717, 1.165) is 5.56 Å². The van der Waals surface area contributed by atoms with Crippen LogP contribution in [0.2, 0.25) is 0 Å². The summed E-state index contributed by atoms with van der Waals surface area (Å²) < 4.78 is 30.3. The minimum Gasteiger partial charge on any atom is -0.344 e. The Morgan fingerprint density at radius 2 is 1.90 bits per heavy atom. The molecule has 2 heterocycles. The third-order valence-corrected chi connectivity index (χ3v) is 6.32. The zero-order chi connectivity index (χ0) is 21.7. The van der Waals surface area contributed by atoms with Crippen molar-refractivity contribution < 1.29 is 17.7 Å². The number of carbonyl (C=O) groups is 1. The molecule has 1 aromatic carbocycles. The molecule has 3 aromatic rings. The molecule has 1 amide bonds. The van der Waals surface area contributed by atoms with Gasteiger partial charge in [-0.3, -0.25) is 9.78 Å². The molecule has 158 valence electrons. The van der Waals surface area contributed by atoms with Gasteiger partial charge in [0, 0.05) is 24.4 Å². The van der Waals surface area contributed by atoms with Gasteiger partial charge < -0.3 is 9.84 Å². The topological polar surface area (TPSA) is 115 Å². The van der Waals surface area contributed by atoms with E-state index in [-0.39, 0.29) is 28.9 Å². The molecule has 0 bridgehead atoms. The summed E-state index contributed by atoms with van der Waals surface area (Å²) in [6, 6.07) is 9.61. The highest BCUT2D eigenvalue weighted by Gasteiger charge is 2.26.